The van der Waals surface area contributed by atoms with Gasteiger partial charge in [0.25, 0.3) is 5.91 Å². The minimum Gasteiger partial charge on any atom is -0.382 e. The van der Waals surface area contributed by atoms with Crippen LogP contribution < -0.4 is 27.0 Å². The maximum absolute atomic E-state index is 12.5. The molecule has 0 spiro atoms. The summed E-state index contributed by atoms with van der Waals surface area (Å²) in [6, 6.07) is 10.7. The van der Waals surface area contributed by atoms with Crippen LogP contribution in [0.1, 0.15) is 41.2 Å². The summed E-state index contributed by atoms with van der Waals surface area (Å²) >= 11 is 0. The Bertz CT molecular complexity index is 1360. The van der Waals surface area contributed by atoms with Crippen LogP contribution in [0.2, 0.25) is 0 Å². The zero-order valence-electron chi connectivity index (χ0n) is 23.7. The normalized spacial score (nSPS) is 20.8. The number of anilines is 4. The van der Waals surface area contributed by atoms with Crippen molar-refractivity contribution in [3.05, 3.63) is 54.0 Å². The van der Waals surface area contributed by atoms with Gasteiger partial charge in [0.15, 0.2) is 17.3 Å². The molecule has 1 amide bonds. The average Bonchev–Trinajstić information content (AvgIpc) is 3.53. The van der Waals surface area contributed by atoms with Crippen molar-refractivity contribution in [1.29, 1.82) is 0 Å². The second-order valence-electron chi connectivity index (χ2n) is 11.4. The van der Waals surface area contributed by atoms with Crippen molar-refractivity contribution >= 4 is 28.9 Å². The van der Waals surface area contributed by atoms with Crippen molar-refractivity contribution < 1.29 is 4.79 Å². The number of likely N-dealkylation sites (N-methyl/N-ethyl adjacent to an activating group) is 1. The number of carbonyl (C=O) groups is 1. The molecule has 1 unspecified atom stereocenters. The molecule has 1 aromatic carbocycles. The number of carbonyl (C=O) groups excluding carboxylic acids is 1. The maximum atomic E-state index is 12.5. The summed E-state index contributed by atoms with van der Waals surface area (Å²) in [5.41, 5.74) is 16.5. The van der Waals surface area contributed by atoms with Crippen molar-refractivity contribution in [3.8, 4) is 11.3 Å². The molecule has 3 fully saturated rings. The van der Waals surface area contributed by atoms with E-state index in [9.17, 15) is 4.79 Å². The SMILES string of the molecule is CN1CCN(C2CCN(c3ccc(Nc4nc(N)c(-c5ccncc5C5CCNC5)nc4C(N)=O)cc3)CC2)CC1. The second kappa shape index (κ2) is 12.0. The number of rotatable bonds is 7. The summed E-state index contributed by atoms with van der Waals surface area (Å²) in [5.74, 6) is 0.110. The molecule has 11 heteroatoms. The molecule has 3 aromatic rings. The van der Waals surface area contributed by atoms with E-state index in [0.717, 1.165) is 62.5 Å². The number of pyridine rings is 1. The molecule has 3 aliphatic heterocycles. The Hall–Kier alpha value is -3.80. The quantitative estimate of drug-likeness (QED) is 0.342. The Balaban J connectivity index is 1.16. The number of amides is 1. The molecule has 0 aliphatic carbocycles. The van der Waals surface area contributed by atoms with E-state index in [4.69, 9.17) is 11.5 Å². The smallest absolute Gasteiger partial charge is 0.271 e. The fourth-order valence-electron chi connectivity index (χ4n) is 6.34. The molecule has 6 rings (SSSR count). The zero-order chi connectivity index (χ0) is 28.3. The van der Waals surface area contributed by atoms with Gasteiger partial charge in [-0.15, -0.1) is 0 Å². The third kappa shape index (κ3) is 5.97. The first-order chi connectivity index (χ1) is 20.0. The highest BCUT2D eigenvalue weighted by atomic mass is 16.1. The lowest BCUT2D eigenvalue weighted by Crippen LogP contribution is -2.52. The van der Waals surface area contributed by atoms with Crippen LogP contribution in [0.25, 0.3) is 11.3 Å². The van der Waals surface area contributed by atoms with Crippen LogP contribution in [0.5, 0.6) is 0 Å². The van der Waals surface area contributed by atoms with Gasteiger partial charge in [-0.2, -0.15) is 0 Å². The molecular formula is C30H40N10O. The van der Waals surface area contributed by atoms with Crippen LogP contribution in [0.3, 0.4) is 0 Å². The van der Waals surface area contributed by atoms with Gasteiger partial charge in [0.1, 0.15) is 5.69 Å². The number of nitrogens with two attached hydrogens (primary N) is 2. The Morgan fingerprint density at radius 3 is 2.44 bits per heavy atom. The molecule has 11 nitrogen and oxygen atoms in total. The van der Waals surface area contributed by atoms with Gasteiger partial charge in [-0.05, 0) is 74.7 Å². The molecular weight excluding hydrogens is 516 g/mol. The van der Waals surface area contributed by atoms with E-state index in [0.29, 0.717) is 17.7 Å². The van der Waals surface area contributed by atoms with Gasteiger partial charge >= 0.3 is 0 Å². The van der Waals surface area contributed by atoms with Crippen molar-refractivity contribution in [3.63, 3.8) is 0 Å². The number of benzene rings is 1. The number of hydrogen-bond donors (Lipinski definition) is 4. The predicted molar refractivity (Wildman–Crippen MR) is 162 cm³/mol. The van der Waals surface area contributed by atoms with Crippen molar-refractivity contribution in [2.75, 3.05) is 75.4 Å². The van der Waals surface area contributed by atoms with Crippen molar-refractivity contribution in [1.82, 2.24) is 30.1 Å². The van der Waals surface area contributed by atoms with Gasteiger partial charge in [0.05, 0.1) is 0 Å². The first-order valence-corrected chi connectivity index (χ1v) is 14.6. The topological polar surface area (TPSA) is 142 Å². The molecule has 6 N–H and O–H groups in total. The minimum absolute atomic E-state index is 0.0524. The van der Waals surface area contributed by atoms with Crippen LogP contribution >= 0.6 is 0 Å². The molecule has 2 aromatic heterocycles. The van der Waals surface area contributed by atoms with E-state index in [1.807, 2.05) is 24.4 Å². The van der Waals surface area contributed by atoms with Crippen LogP contribution in [-0.4, -0.2) is 96.1 Å². The third-order valence-electron chi connectivity index (χ3n) is 8.78. The van der Waals surface area contributed by atoms with Gasteiger partial charge in [0.2, 0.25) is 0 Å². The number of nitrogen functional groups attached to an aromatic ring is 1. The van der Waals surface area contributed by atoms with Gasteiger partial charge in [0, 0.05) is 81.2 Å². The third-order valence-corrected chi connectivity index (χ3v) is 8.78. The molecule has 3 aliphatic rings. The molecule has 0 radical (unpaired) electrons. The predicted octanol–water partition coefficient (Wildman–Crippen LogP) is 2.26. The Labute approximate surface area is 241 Å². The van der Waals surface area contributed by atoms with Crippen LogP contribution in [-0.2, 0) is 0 Å². The summed E-state index contributed by atoms with van der Waals surface area (Å²) < 4.78 is 0. The van der Waals surface area contributed by atoms with Gasteiger partial charge in [-0.1, -0.05) is 0 Å². The monoisotopic (exact) mass is 556 g/mol. The van der Waals surface area contributed by atoms with Crippen LogP contribution in [0.4, 0.5) is 23.0 Å². The summed E-state index contributed by atoms with van der Waals surface area (Å²) in [6.07, 6.45) is 6.92. The van der Waals surface area contributed by atoms with Crippen LogP contribution in [0, 0.1) is 0 Å². The highest BCUT2D eigenvalue weighted by Gasteiger charge is 2.27. The molecule has 1 atom stereocenters. The van der Waals surface area contributed by atoms with Gasteiger partial charge < -0.3 is 31.9 Å². The van der Waals surface area contributed by atoms with Gasteiger partial charge in [-0.25, -0.2) is 9.97 Å². The molecule has 0 saturated carbocycles. The van der Waals surface area contributed by atoms with E-state index in [-0.39, 0.29) is 17.3 Å². The highest BCUT2D eigenvalue weighted by Crippen LogP contribution is 2.35. The molecule has 3 saturated heterocycles. The average molecular weight is 557 g/mol. The Morgan fingerprint density at radius 1 is 1.00 bits per heavy atom. The largest absolute Gasteiger partial charge is 0.382 e. The van der Waals surface area contributed by atoms with E-state index >= 15 is 0 Å². The standard InChI is InChI=1S/C30H40N10O/c1-38-14-16-40(17-15-38)23-8-12-39(13-9-23)22-4-2-21(3-5-22)35-30-27(29(32)41)36-26(28(31)37-30)24-7-11-34-19-25(24)20-6-10-33-18-20/h2-5,7,11,19-20,23,33H,6,8-10,12-18H2,1H3,(H2,32,41)(H3,31,35,37). The van der Waals surface area contributed by atoms with E-state index in [1.165, 1.54) is 31.6 Å². The number of nitrogens with one attached hydrogen (secondary N) is 2. The van der Waals surface area contributed by atoms with Crippen molar-refractivity contribution in [2.24, 2.45) is 5.73 Å². The van der Waals surface area contributed by atoms with E-state index in [1.54, 1.807) is 6.20 Å². The first kappa shape index (κ1) is 27.4. The lowest BCUT2D eigenvalue weighted by molar-refractivity contribution is 0.0982. The summed E-state index contributed by atoms with van der Waals surface area (Å²) in [6.45, 7) is 8.57. The summed E-state index contributed by atoms with van der Waals surface area (Å²) in [5, 5.41) is 6.61. The van der Waals surface area contributed by atoms with E-state index < -0.39 is 5.91 Å². The minimum atomic E-state index is -0.667. The lowest BCUT2D eigenvalue weighted by Gasteiger charge is -2.42. The molecule has 5 heterocycles. The number of piperidine rings is 1. The highest BCUT2D eigenvalue weighted by molar-refractivity contribution is 5.97. The number of aromatic nitrogens is 3. The first-order valence-electron chi connectivity index (χ1n) is 14.6. The Kier molecular flexibility index (Phi) is 8.00. The summed E-state index contributed by atoms with van der Waals surface area (Å²) in [4.78, 5) is 33.5. The fourth-order valence-corrected chi connectivity index (χ4v) is 6.34. The molecule has 216 valence electrons. The number of nitrogens with zero attached hydrogens (tertiary/aromatic N) is 6. The maximum Gasteiger partial charge on any atom is 0.271 e. The van der Waals surface area contributed by atoms with E-state index in [2.05, 4.69) is 59.5 Å². The second-order valence-corrected chi connectivity index (χ2v) is 11.4. The number of piperazine rings is 1. The number of primary amides is 1. The zero-order valence-corrected chi connectivity index (χ0v) is 23.7. The lowest BCUT2D eigenvalue weighted by atomic mass is 9.93. The van der Waals surface area contributed by atoms with Crippen LogP contribution in [0.15, 0.2) is 42.7 Å². The summed E-state index contributed by atoms with van der Waals surface area (Å²) in [7, 11) is 2.21. The number of hydrogen-bond acceptors (Lipinski definition) is 10. The molecule has 0 bridgehead atoms. The van der Waals surface area contributed by atoms with Crippen molar-refractivity contribution in [2.45, 2.75) is 31.2 Å². The van der Waals surface area contributed by atoms with Gasteiger partial charge in [-0.3, -0.25) is 14.7 Å². The fraction of sp³-hybridized carbons (Fsp3) is 0.467. The molecule has 41 heavy (non-hydrogen) atoms. The Morgan fingerprint density at radius 2 is 1.76 bits per heavy atom.